The van der Waals surface area contributed by atoms with Gasteiger partial charge < -0.3 is 14.9 Å². The van der Waals surface area contributed by atoms with Crippen LogP contribution in [0.4, 0.5) is 0 Å². The van der Waals surface area contributed by atoms with E-state index in [0.29, 0.717) is 11.7 Å². The number of likely N-dealkylation sites (tertiary alicyclic amines) is 2. The second kappa shape index (κ2) is 12.6. The summed E-state index contributed by atoms with van der Waals surface area (Å²) in [5.74, 6) is 1.12. The molecule has 1 N–H and O–H groups in total. The van der Waals surface area contributed by atoms with E-state index >= 15 is 0 Å². The number of hydrogen-bond acceptors (Lipinski definition) is 3. The predicted octanol–water partition coefficient (Wildman–Crippen LogP) is 6.38. The summed E-state index contributed by atoms with van der Waals surface area (Å²) < 4.78 is 0. The van der Waals surface area contributed by atoms with Crippen LogP contribution in [0.1, 0.15) is 61.1 Å². The highest BCUT2D eigenvalue weighted by Gasteiger charge is 2.44. The maximum atomic E-state index is 14.4. The van der Waals surface area contributed by atoms with Crippen LogP contribution in [0.5, 0.6) is 5.75 Å². The van der Waals surface area contributed by atoms with Crippen LogP contribution in [0.15, 0.2) is 84.9 Å². The van der Waals surface area contributed by atoms with Gasteiger partial charge in [-0.05, 0) is 92.9 Å². The Morgan fingerprint density at radius 1 is 0.757 bits per heavy atom. The quantitative estimate of drug-likeness (QED) is 0.394. The second-order valence-corrected chi connectivity index (χ2v) is 10.4. The van der Waals surface area contributed by atoms with E-state index in [4.69, 9.17) is 0 Å². The van der Waals surface area contributed by atoms with E-state index in [1.807, 2.05) is 12.1 Å². The third-order valence-electron chi connectivity index (χ3n) is 8.30. The molecular formula is C32H39ClN2O2. The van der Waals surface area contributed by atoms with Crippen LogP contribution < -0.4 is 0 Å². The first-order valence-corrected chi connectivity index (χ1v) is 13.6. The first-order chi connectivity index (χ1) is 17.7. The minimum atomic E-state index is -0.673. The molecule has 0 saturated carbocycles. The fraction of sp³-hybridized carbons (Fsp3) is 0.406. The van der Waals surface area contributed by atoms with Crippen molar-refractivity contribution >= 4 is 18.3 Å². The van der Waals surface area contributed by atoms with Gasteiger partial charge in [0, 0.05) is 13.1 Å². The molecule has 2 fully saturated rings. The van der Waals surface area contributed by atoms with E-state index in [1.54, 1.807) is 12.1 Å². The van der Waals surface area contributed by atoms with Crippen molar-refractivity contribution in [2.24, 2.45) is 0 Å². The summed E-state index contributed by atoms with van der Waals surface area (Å²) in [6.45, 7) is 4.68. The number of piperidine rings is 2. The average Bonchev–Trinajstić information content (AvgIpc) is 2.96. The average molecular weight is 519 g/mol. The molecule has 2 saturated heterocycles. The molecule has 1 amide bonds. The molecule has 0 bridgehead atoms. The largest absolute Gasteiger partial charge is 0.508 e. The fourth-order valence-electron chi connectivity index (χ4n) is 6.18. The predicted molar refractivity (Wildman–Crippen MR) is 152 cm³/mol. The third-order valence-corrected chi connectivity index (χ3v) is 8.30. The molecule has 2 aliphatic rings. The first-order valence-electron chi connectivity index (χ1n) is 13.6. The van der Waals surface area contributed by atoms with Crippen molar-refractivity contribution in [2.45, 2.75) is 49.9 Å². The van der Waals surface area contributed by atoms with Gasteiger partial charge in [0.2, 0.25) is 5.91 Å². The lowest BCUT2D eigenvalue weighted by atomic mass is 9.70. The van der Waals surface area contributed by atoms with Crippen LogP contribution in [0, 0.1) is 0 Å². The van der Waals surface area contributed by atoms with Gasteiger partial charge in [-0.25, -0.2) is 0 Å². The van der Waals surface area contributed by atoms with E-state index < -0.39 is 5.41 Å². The Labute approximate surface area is 227 Å². The lowest BCUT2D eigenvalue weighted by molar-refractivity contribution is -0.137. The Hall–Kier alpha value is -2.82. The number of carbonyl (C=O) groups is 1. The van der Waals surface area contributed by atoms with Crippen molar-refractivity contribution < 1.29 is 9.90 Å². The molecule has 0 unspecified atom stereocenters. The highest BCUT2D eigenvalue weighted by molar-refractivity contribution is 5.92. The van der Waals surface area contributed by atoms with E-state index in [-0.39, 0.29) is 18.3 Å². The number of aromatic hydroxyl groups is 1. The van der Waals surface area contributed by atoms with Crippen LogP contribution in [0.3, 0.4) is 0 Å². The molecule has 0 aromatic heterocycles. The molecule has 0 aliphatic carbocycles. The van der Waals surface area contributed by atoms with Crippen molar-refractivity contribution in [3.8, 4) is 5.75 Å². The number of phenols is 1. The summed E-state index contributed by atoms with van der Waals surface area (Å²) >= 11 is 0. The molecule has 0 spiro atoms. The summed E-state index contributed by atoms with van der Waals surface area (Å²) in [6.07, 6.45) is 6.39. The van der Waals surface area contributed by atoms with Gasteiger partial charge >= 0.3 is 0 Å². The highest BCUT2D eigenvalue weighted by atomic mass is 35.5. The normalized spacial score (nSPS) is 17.2. The van der Waals surface area contributed by atoms with Crippen LogP contribution in [0.25, 0.3) is 0 Å². The van der Waals surface area contributed by atoms with Crippen molar-refractivity contribution in [1.82, 2.24) is 9.80 Å². The topological polar surface area (TPSA) is 43.8 Å². The third kappa shape index (κ3) is 6.02. The van der Waals surface area contributed by atoms with Gasteiger partial charge in [-0.3, -0.25) is 4.79 Å². The molecule has 196 valence electrons. The molecule has 5 heteroatoms. The van der Waals surface area contributed by atoms with E-state index in [1.165, 1.54) is 12.0 Å². The van der Waals surface area contributed by atoms with Crippen molar-refractivity contribution in [3.63, 3.8) is 0 Å². The van der Waals surface area contributed by atoms with Gasteiger partial charge in [0.1, 0.15) is 11.2 Å². The number of carbonyl (C=O) groups excluding carboxylic acids is 1. The molecule has 37 heavy (non-hydrogen) atoms. The van der Waals surface area contributed by atoms with Crippen molar-refractivity contribution in [2.75, 3.05) is 32.7 Å². The van der Waals surface area contributed by atoms with Crippen LogP contribution in [-0.4, -0.2) is 53.5 Å². The molecule has 0 atom stereocenters. The van der Waals surface area contributed by atoms with Crippen LogP contribution in [-0.2, 0) is 10.2 Å². The van der Waals surface area contributed by atoms with Gasteiger partial charge in [0.25, 0.3) is 0 Å². The molecule has 2 heterocycles. The molecule has 2 aliphatic heterocycles. The van der Waals surface area contributed by atoms with Crippen LogP contribution in [0.2, 0.25) is 0 Å². The first kappa shape index (κ1) is 27.2. The second-order valence-electron chi connectivity index (χ2n) is 10.4. The lowest BCUT2D eigenvalue weighted by Crippen LogP contribution is -2.51. The maximum Gasteiger partial charge on any atom is 0.237 e. The zero-order chi connectivity index (χ0) is 24.8. The van der Waals surface area contributed by atoms with Crippen molar-refractivity contribution in [1.29, 1.82) is 0 Å². The summed E-state index contributed by atoms with van der Waals surface area (Å²) in [6, 6.07) is 28.6. The zero-order valence-electron chi connectivity index (χ0n) is 21.6. The SMILES string of the molecule is Cl.O=C(N1CCCCC1)C(CCN1CCC(c2ccc(O)cc2)CC1)(c1ccccc1)c1ccccc1. The summed E-state index contributed by atoms with van der Waals surface area (Å²) in [5.41, 5.74) is 2.85. The van der Waals surface area contributed by atoms with E-state index in [9.17, 15) is 9.90 Å². The summed E-state index contributed by atoms with van der Waals surface area (Å²) in [4.78, 5) is 19.1. The fourth-order valence-corrected chi connectivity index (χ4v) is 6.18. The Morgan fingerprint density at radius 2 is 1.30 bits per heavy atom. The number of nitrogens with zero attached hydrogens (tertiary/aromatic N) is 2. The summed E-state index contributed by atoms with van der Waals surface area (Å²) in [7, 11) is 0. The van der Waals surface area contributed by atoms with Gasteiger partial charge in [0.05, 0.1) is 0 Å². The van der Waals surface area contributed by atoms with Gasteiger partial charge in [-0.1, -0.05) is 72.8 Å². The molecule has 0 radical (unpaired) electrons. The van der Waals surface area contributed by atoms with E-state index in [2.05, 4.69) is 70.5 Å². The number of rotatable bonds is 7. The number of halogens is 1. The lowest BCUT2D eigenvalue weighted by Gasteiger charge is -2.41. The zero-order valence-corrected chi connectivity index (χ0v) is 22.4. The minimum Gasteiger partial charge on any atom is -0.508 e. The summed E-state index contributed by atoms with van der Waals surface area (Å²) in [5, 5.41) is 9.63. The van der Waals surface area contributed by atoms with Crippen molar-refractivity contribution in [3.05, 3.63) is 102 Å². The molecule has 3 aromatic carbocycles. The van der Waals surface area contributed by atoms with Gasteiger partial charge in [-0.15, -0.1) is 12.4 Å². The van der Waals surface area contributed by atoms with Gasteiger partial charge in [0.15, 0.2) is 0 Å². The maximum absolute atomic E-state index is 14.4. The Kier molecular flexibility index (Phi) is 9.28. The molecule has 4 nitrogen and oxygen atoms in total. The number of amides is 1. The minimum absolute atomic E-state index is 0. The molecular weight excluding hydrogens is 480 g/mol. The Bertz CT molecular complexity index is 1070. The van der Waals surface area contributed by atoms with Crippen LogP contribution >= 0.6 is 12.4 Å². The number of hydrogen-bond donors (Lipinski definition) is 1. The number of benzene rings is 3. The number of phenolic OH excluding ortho intramolecular Hbond substituents is 1. The standard InChI is InChI=1S/C32H38N2O2.ClH/c35-30-16-14-26(15-17-30)27-18-23-33(24-19-27)25-20-32(28-10-4-1-5-11-28,29-12-6-2-7-13-29)31(36)34-21-8-3-9-22-34;/h1-2,4-7,10-17,27,35H,3,8-9,18-25H2;1H. The monoisotopic (exact) mass is 518 g/mol. The van der Waals surface area contributed by atoms with E-state index in [0.717, 1.165) is 76.0 Å². The molecule has 5 rings (SSSR count). The Balaban J connectivity index is 0.00000320. The Morgan fingerprint density at radius 3 is 1.84 bits per heavy atom. The highest BCUT2D eigenvalue weighted by Crippen LogP contribution is 2.39. The van der Waals surface area contributed by atoms with Gasteiger partial charge in [-0.2, -0.15) is 0 Å². The molecule has 3 aromatic rings. The smallest absolute Gasteiger partial charge is 0.237 e.